The SMILES string of the molecule is C[C@H]1CC(=O)N2c3ccccc3[C@H]3C[C@@H](C(=O)OCc4ccccc4)N1[C@H]32. The molecule has 1 amide bonds. The molecule has 0 aliphatic carbocycles. The number of nitrogens with zero attached hydrogens (tertiary/aromatic N) is 2. The zero-order valence-corrected chi connectivity index (χ0v) is 15.2. The van der Waals surface area contributed by atoms with E-state index in [0.717, 1.165) is 11.3 Å². The van der Waals surface area contributed by atoms with Gasteiger partial charge in [-0.3, -0.25) is 19.4 Å². The number of rotatable bonds is 3. The largest absolute Gasteiger partial charge is 0.460 e. The van der Waals surface area contributed by atoms with E-state index >= 15 is 0 Å². The highest BCUT2D eigenvalue weighted by Crippen LogP contribution is 2.52. The Morgan fingerprint density at radius 1 is 1.11 bits per heavy atom. The molecule has 3 aliphatic heterocycles. The van der Waals surface area contributed by atoms with E-state index in [2.05, 4.69) is 11.0 Å². The minimum atomic E-state index is -0.303. The number of anilines is 1. The zero-order chi connectivity index (χ0) is 18.5. The average Bonchev–Trinajstić information content (AvgIpc) is 3.22. The van der Waals surface area contributed by atoms with Gasteiger partial charge >= 0.3 is 5.97 Å². The molecule has 3 heterocycles. The molecular weight excluding hydrogens is 340 g/mol. The van der Waals surface area contributed by atoms with Gasteiger partial charge in [0.1, 0.15) is 12.6 Å². The smallest absolute Gasteiger partial charge is 0.323 e. The van der Waals surface area contributed by atoms with Gasteiger partial charge in [-0.2, -0.15) is 0 Å². The van der Waals surface area contributed by atoms with Crippen LogP contribution in [0, 0.1) is 0 Å². The van der Waals surface area contributed by atoms with Gasteiger partial charge in [0, 0.05) is 24.1 Å². The van der Waals surface area contributed by atoms with Crippen molar-refractivity contribution >= 4 is 17.6 Å². The van der Waals surface area contributed by atoms with Crippen molar-refractivity contribution in [1.82, 2.24) is 4.90 Å². The summed E-state index contributed by atoms with van der Waals surface area (Å²) in [5.74, 6) is 0.131. The number of ether oxygens (including phenoxy) is 1. The van der Waals surface area contributed by atoms with Crippen molar-refractivity contribution in [3.63, 3.8) is 0 Å². The molecule has 0 N–H and O–H groups in total. The summed E-state index contributed by atoms with van der Waals surface area (Å²) in [5, 5.41) is 0. The Bertz CT molecular complexity index is 897. The number of carbonyl (C=O) groups excluding carboxylic acids is 2. The lowest BCUT2D eigenvalue weighted by Crippen LogP contribution is -2.59. The van der Waals surface area contributed by atoms with Crippen molar-refractivity contribution < 1.29 is 14.3 Å². The van der Waals surface area contributed by atoms with E-state index in [1.54, 1.807) is 0 Å². The number of esters is 1. The molecule has 3 aliphatic rings. The van der Waals surface area contributed by atoms with Crippen LogP contribution >= 0.6 is 0 Å². The number of para-hydroxylation sites is 1. The van der Waals surface area contributed by atoms with Crippen LogP contribution in [0.2, 0.25) is 0 Å². The summed E-state index contributed by atoms with van der Waals surface area (Å²) in [7, 11) is 0. The summed E-state index contributed by atoms with van der Waals surface area (Å²) in [6.07, 6.45) is 1.07. The van der Waals surface area contributed by atoms with Gasteiger partial charge in [0.2, 0.25) is 5.91 Å². The molecule has 5 nitrogen and oxygen atoms in total. The molecule has 0 unspecified atom stereocenters. The summed E-state index contributed by atoms with van der Waals surface area (Å²) < 4.78 is 5.65. The van der Waals surface area contributed by atoms with Crippen LogP contribution in [-0.4, -0.2) is 35.0 Å². The normalized spacial score (nSPS) is 28.8. The van der Waals surface area contributed by atoms with Crippen molar-refractivity contribution in [1.29, 1.82) is 0 Å². The first-order valence-electron chi connectivity index (χ1n) is 9.54. The van der Waals surface area contributed by atoms with Crippen LogP contribution in [0.15, 0.2) is 54.6 Å². The van der Waals surface area contributed by atoms with Gasteiger partial charge in [0.15, 0.2) is 0 Å². The fraction of sp³-hybridized carbons (Fsp3) is 0.364. The third-order valence-corrected chi connectivity index (χ3v) is 6.11. The summed E-state index contributed by atoms with van der Waals surface area (Å²) in [6.45, 7) is 2.32. The maximum atomic E-state index is 12.9. The third-order valence-electron chi connectivity index (χ3n) is 6.11. The zero-order valence-electron chi connectivity index (χ0n) is 15.2. The van der Waals surface area contributed by atoms with Crippen LogP contribution < -0.4 is 4.90 Å². The lowest BCUT2D eigenvalue weighted by atomic mass is 9.96. The topological polar surface area (TPSA) is 49.9 Å². The average molecular weight is 362 g/mol. The van der Waals surface area contributed by atoms with Gasteiger partial charge in [-0.25, -0.2) is 0 Å². The van der Waals surface area contributed by atoms with E-state index < -0.39 is 0 Å². The van der Waals surface area contributed by atoms with Crippen molar-refractivity contribution in [3.05, 3.63) is 65.7 Å². The van der Waals surface area contributed by atoms with E-state index in [1.165, 1.54) is 5.56 Å². The predicted octanol–water partition coefficient (Wildman–Crippen LogP) is 3.05. The predicted molar refractivity (Wildman–Crippen MR) is 101 cm³/mol. The first-order valence-corrected chi connectivity index (χ1v) is 9.54. The highest BCUT2D eigenvalue weighted by Gasteiger charge is 2.58. The molecule has 2 aromatic carbocycles. The van der Waals surface area contributed by atoms with Crippen LogP contribution in [0.25, 0.3) is 0 Å². The Kier molecular flexibility index (Phi) is 3.79. The fourth-order valence-electron chi connectivity index (χ4n) is 4.99. The number of amides is 1. The van der Waals surface area contributed by atoms with Gasteiger partial charge < -0.3 is 4.74 Å². The Hall–Kier alpha value is -2.66. The van der Waals surface area contributed by atoms with Crippen LogP contribution in [0.1, 0.15) is 36.8 Å². The first-order chi connectivity index (χ1) is 13.1. The molecule has 0 bridgehead atoms. The minimum Gasteiger partial charge on any atom is -0.460 e. The monoisotopic (exact) mass is 362 g/mol. The molecule has 0 saturated carbocycles. The summed E-state index contributed by atoms with van der Waals surface area (Å²) in [6, 6.07) is 17.6. The van der Waals surface area contributed by atoms with Crippen molar-refractivity contribution in [2.75, 3.05) is 4.90 Å². The standard InChI is InChI=1S/C22H22N2O3/c1-14-11-20(25)24-18-10-6-5-9-16(18)17-12-19(23(14)21(17)24)22(26)27-13-15-7-3-2-4-8-15/h2-10,14,17,19,21H,11-13H2,1H3/t14-,17+,19-,21-/m0/s1. The maximum absolute atomic E-state index is 12.9. The summed E-state index contributed by atoms with van der Waals surface area (Å²) in [5.41, 5.74) is 3.16. The molecule has 27 heavy (non-hydrogen) atoms. The molecule has 0 aromatic heterocycles. The van der Waals surface area contributed by atoms with E-state index in [4.69, 9.17) is 4.74 Å². The Balaban J connectivity index is 1.42. The molecule has 4 atom stereocenters. The lowest BCUT2D eigenvalue weighted by Gasteiger charge is -2.43. The van der Waals surface area contributed by atoms with Gasteiger partial charge in [-0.1, -0.05) is 48.5 Å². The second kappa shape index (κ2) is 6.20. The van der Waals surface area contributed by atoms with E-state index in [0.29, 0.717) is 12.8 Å². The van der Waals surface area contributed by atoms with Crippen LogP contribution in [0.4, 0.5) is 5.69 Å². The lowest BCUT2D eigenvalue weighted by molar-refractivity contribution is -0.153. The van der Waals surface area contributed by atoms with Crippen molar-refractivity contribution in [2.24, 2.45) is 0 Å². The van der Waals surface area contributed by atoms with Crippen molar-refractivity contribution in [2.45, 2.75) is 50.5 Å². The quantitative estimate of drug-likeness (QED) is 0.788. The Morgan fingerprint density at radius 2 is 1.85 bits per heavy atom. The van der Waals surface area contributed by atoms with Crippen LogP contribution in [-0.2, 0) is 20.9 Å². The number of carbonyl (C=O) groups is 2. The summed E-state index contributed by atoms with van der Waals surface area (Å²) >= 11 is 0. The first kappa shape index (κ1) is 16.5. The maximum Gasteiger partial charge on any atom is 0.323 e. The molecule has 0 spiro atoms. The van der Waals surface area contributed by atoms with E-state index in [9.17, 15) is 9.59 Å². The van der Waals surface area contributed by atoms with Gasteiger partial charge in [0.05, 0.1) is 6.17 Å². The van der Waals surface area contributed by atoms with Gasteiger partial charge in [-0.05, 0) is 30.5 Å². The molecule has 2 fully saturated rings. The number of hydrogen-bond acceptors (Lipinski definition) is 4. The Labute approximate surface area is 158 Å². The van der Waals surface area contributed by atoms with Gasteiger partial charge in [0.25, 0.3) is 0 Å². The highest BCUT2D eigenvalue weighted by molar-refractivity contribution is 5.98. The summed E-state index contributed by atoms with van der Waals surface area (Å²) in [4.78, 5) is 29.8. The van der Waals surface area contributed by atoms with Crippen LogP contribution in [0.5, 0.6) is 0 Å². The van der Waals surface area contributed by atoms with Crippen LogP contribution in [0.3, 0.4) is 0 Å². The number of fused-ring (bicyclic) bond motifs is 3. The minimum absolute atomic E-state index is 0.0346. The van der Waals surface area contributed by atoms with E-state index in [1.807, 2.05) is 60.4 Å². The molecule has 5 rings (SSSR count). The molecule has 2 saturated heterocycles. The second-order valence-electron chi connectivity index (χ2n) is 7.69. The molecule has 0 radical (unpaired) electrons. The van der Waals surface area contributed by atoms with Gasteiger partial charge in [-0.15, -0.1) is 0 Å². The number of hydrogen-bond donors (Lipinski definition) is 0. The Morgan fingerprint density at radius 3 is 2.67 bits per heavy atom. The number of benzene rings is 2. The van der Waals surface area contributed by atoms with Crippen molar-refractivity contribution in [3.8, 4) is 0 Å². The highest BCUT2D eigenvalue weighted by atomic mass is 16.5. The fourth-order valence-corrected chi connectivity index (χ4v) is 4.99. The molecular formula is C22H22N2O3. The molecule has 2 aromatic rings. The molecule has 138 valence electrons. The third kappa shape index (κ3) is 2.49. The van der Waals surface area contributed by atoms with E-state index in [-0.39, 0.29) is 42.7 Å². The molecule has 5 heteroatoms. The second-order valence-corrected chi connectivity index (χ2v) is 7.69.